The summed E-state index contributed by atoms with van der Waals surface area (Å²) in [5.41, 5.74) is 1.61. The van der Waals surface area contributed by atoms with Crippen LogP contribution in [0.4, 0.5) is 0 Å². The quantitative estimate of drug-likeness (QED) is 0.582. The molecule has 0 aliphatic rings. The highest BCUT2D eigenvalue weighted by molar-refractivity contribution is 6.29. The number of nitrogens with zero attached hydrogens (tertiary/aromatic N) is 3. The average Bonchev–Trinajstić information content (AvgIpc) is 2.68. The lowest BCUT2D eigenvalue weighted by atomic mass is 10.2. The summed E-state index contributed by atoms with van der Waals surface area (Å²) in [7, 11) is 0. The molecule has 0 aliphatic heterocycles. The zero-order chi connectivity index (χ0) is 13.1. The Labute approximate surface area is 112 Å². The van der Waals surface area contributed by atoms with Gasteiger partial charge in [0.1, 0.15) is 16.7 Å². The van der Waals surface area contributed by atoms with Crippen molar-refractivity contribution < 1.29 is 0 Å². The van der Waals surface area contributed by atoms with E-state index in [1.165, 1.54) is 0 Å². The second kappa shape index (κ2) is 5.24. The lowest BCUT2D eigenvalue weighted by molar-refractivity contribution is 0.582. The molecule has 0 N–H and O–H groups in total. The van der Waals surface area contributed by atoms with Gasteiger partial charge in [-0.1, -0.05) is 17.5 Å². The Balaban J connectivity index is 2.28. The van der Waals surface area contributed by atoms with Gasteiger partial charge in [-0.15, -0.1) is 0 Å². The summed E-state index contributed by atoms with van der Waals surface area (Å²) in [6.07, 6.45) is 3.61. The van der Waals surface area contributed by atoms with E-state index in [1.54, 1.807) is 12.3 Å². The van der Waals surface area contributed by atoms with Gasteiger partial charge in [-0.25, -0.2) is 9.97 Å². The largest absolute Gasteiger partial charge is 0.331 e. The van der Waals surface area contributed by atoms with E-state index in [0.717, 1.165) is 17.1 Å². The van der Waals surface area contributed by atoms with Crippen molar-refractivity contribution in [3.05, 3.63) is 46.8 Å². The normalized spacial score (nSPS) is 10.3. The third-order valence-corrected chi connectivity index (χ3v) is 2.74. The summed E-state index contributed by atoms with van der Waals surface area (Å²) in [6.45, 7) is 6.22. The fourth-order valence-corrected chi connectivity index (χ4v) is 1.86. The maximum Gasteiger partial charge on any atom is 0.131 e. The van der Waals surface area contributed by atoms with Crippen LogP contribution in [0.3, 0.4) is 0 Å². The number of aryl methyl sites for hydroxylation is 1. The van der Waals surface area contributed by atoms with Crippen LogP contribution in [0.5, 0.6) is 0 Å². The van der Waals surface area contributed by atoms with Gasteiger partial charge < -0.3 is 4.57 Å². The molecule has 2 rings (SSSR count). The predicted molar refractivity (Wildman–Crippen MR) is 72.6 cm³/mol. The zero-order valence-electron chi connectivity index (χ0n) is 10.6. The molecule has 0 radical (unpaired) electrons. The van der Waals surface area contributed by atoms with Crippen molar-refractivity contribution in [2.45, 2.75) is 26.8 Å². The van der Waals surface area contributed by atoms with Crippen molar-refractivity contribution in [1.29, 1.82) is 0 Å². The molecule has 0 amide bonds. The molecule has 0 aromatic carbocycles. The van der Waals surface area contributed by atoms with Gasteiger partial charge in [-0.05, 0) is 38.8 Å². The highest BCUT2D eigenvalue weighted by Gasteiger charge is 2.04. The minimum atomic E-state index is 0.392. The van der Waals surface area contributed by atoms with Crippen LogP contribution >= 0.6 is 11.6 Å². The van der Waals surface area contributed by atoms with Crippen LogP contribution < -0.4 is 0 Å². The molecule has 0 bridgehead atoms. The van der Waals surface area contributed by atoms with Crippen LogP contribution in [0.15, 0.2) is 24.5 Å². The molecule has 0 atom stereocenters. The zero-order valence-corrected chi connectivity index (χ0v) is 11.4. The van der Waals surface area contributed by atoms with Crippen LogP contribution in [0.2, 0.25) is 5.15 Å². The molecule has 2 heterocycles. The van der Waals surface area contributed by atoms with E-state index >= 15 is 0 Å². The second-order valence-corrected chi connectivity index (χ2v) is 4.68. The van der Waals surface area contributed by atoms with E-state index < -0.39 is 0 Å². The summed E-state index contributed by atoms with van der Waals surface area (Å²) in [6, 6.07) is 3.95. The summed E-state index contributed by atoms with van der Waals surface area (Å²) in [5, 5.41) is 0.450. The van der Waals surface area contributed by atoms with Crippen molar-refractivity contribution in [3.63, 3.8) is 0 Å². The molecule has 0 unspecified atom stereocenters. The first-order valence-corrected chi connectivity index (χ1v) is 6.13. The number of hydrogen-bond donors (Lipinski definition) is 0. The van der Waals surface area contributed by atoms with Gasteiger partial charge in [0.2, 0.25) is 0 Å². The van der Waals surface area contributed by atoms with Crippen molar-refractivity contribution in [1.82, 2.24) is 14.5 Å². The number of aromatic nitrogens is 3. The monoisotopic (exact) mass is 259 g/mol. The Hall–Kier alpha value is -1.79. The predicted octanol–water partition coefficient (Wildman–Crippen LogP) is 3.22. The molecule has 4 heteroatoms. The fraction of sp³-hybridized carbons (Fsp3) is 0.286. The summed E-state index contributed by atoms with van der Waals surface area (Å²) >= 11 is 5.80. The summed E-state index contributed by atoms with van der Waals surface area (Å²) in [5.74, 6) is 7.04. The third-order valence-electron chi connectivity index (χ3n) is 2.54. The molecule has 92 valence electrons. The molecule has 0 aliphatic carbocycles. The Morgan fingerprint density at radius 2 is 2.11 bits per heavy atom. The van der Waals surface area contributed by atoms with Gasteiger partial charge in [0.05, 0.1) is 0 Å². The van der Waals surface area contributed by atoms with Crippen LogP contribution in [-0.4, -0.2) is 14.5 Å². The number of halogens is 1. The van der Waals surface area contributed by atoms with Gasteiger partial charge in [0, 0.05) is 24.0 Å². The number of imidazole rings is 1. The van der Waals surface area contributed by atoms with Crippen LogP contribution in [0.1, 0.15) is 37.0 Å². The first-order valence-electron chi connectivity index (χ1n) is 5.75. The van der Waals surface area contributed by atoms with Gasteiger partial charge in [0.25, 0.3) is 0 Å². The Morgan fingerprint density at radius 1 is 1.33 bits per heavy atom. The minimum Gasteiger partial charge on any atom is -0.331 e. The van der Waals surface area contributed by atoms with Crippen molar-refractivity contribution >= 4 is 11.6 Å². The highest BCUT2D eigenvalue weighted by atomic mass is 35.5. The number of hydrogen-bond acceptors (Lipinski definition) is 2. The molecular weight excluding hydrogens is 246 g/mol. The van der Waals surface area contributed by atoms with Crippen LogP contribution in [0, 0.1) is 18.8 Å². The average molecular weight is 260 g/mol. The SMILES string of the molecule is Cc1nc(C#Cc2ccnc(Cl)c2)cn1C(C)C. The van der Waals surface area contributed by atoms with E-state index in [9.17, 15) is 0 Å². The number of pyridine rings is 1. The van der Waals surface area contributed by atoms with Crippen molar-refractivity contribution in [2.24, 2.45) is 0 Å². The molecular formula is C14H14ClN3. The lowest BCUT2D eigenvalue weighted by Gasteiger charge is -2.06. The molecule has 3 nitrogen and oxygen atoms in total. The van der Waals surface area contributed by atoms with Crippen molar-refractivity contribution in [3.8, 4) is 11.8 Å². The first kappa shape index (κ1) is 12.7. The highest BCUT2D eigenvalue weighted by Crippen LogP contribution is 2.10. The molecule has 0 fully saturated rings. The van der Waals surface area contributed by atoms with Gasteiger partial charge in [-0.2, -0.15) is 0 Å². The molecule has 0 saturated heterocycles. The molecule has 18 heavy (non-hydrogen) atoms. The second-order valence-electron chi connectivity index (χ2n) is 4.29. The Morgan fingerprint density at radius 3 is 2.72 bits per heavy atom. The van der Waals surface area contributed by atoms with E-state index in [4.69, 9.17) is 11.6 Å². The fourth-order valence-electron chi connectivity index (χ4n) is 1.69. The van der Waals surface area contributed by atoms with E-state index in [1.807, 2.05) is 19.2 Å². The number of rotatable bonds is 1. The Bertz CT molecular complexity index is 617. The van der Waals surface area contributed by atoms with Crippen LogP contribution in [-0.2, 0) is 0 Å². The molecule has 0 spiro atoms. The maximum atomic E-state index is 5.80. The summed E-state index contributed by atoms with van der Waals surface area (Å²) < 4.78 is 2.10. The van der Waals surface area contributed by atoms with Crippen molar-refractivity contribution in [2.75, 3.05) is 0 Å². The van der Waals surface area contributed by atoms with Gasteiger partial charge in [0.15, 0.2) is 0 Å². The molecule has 2 aromatic heterocycles. The smallest absolute Gasteiger partial charge is 0.131 e. The third kappa shape index (κ3) is 2.91. The summed E-state index contributed by atoms with van der Waals surface area (Å²) in [4.78, 5) is 8.32. The standard InChI is InChI=1S/C14H14ClN3/c1-10(2)18-9-13(17-11(18)3)5-4-12-6-7-16-14(15)8-12/h6-10H,1-3H3. The minimum absolute atomic E-state index is 0.392. The van der Waals surface area contributed by atoms with Gasteiger partial charge in [-0.3, -0.25) is 0 Å². The van der Waals surface area contributed by atoms with E-state index in [0.29, 0.717) is 11.2 Å². The Kier molecular flexibility index (Phi) is 3.69. The lowest BCUT2D eigenvalue weighted by Crippen LogP contribution is -2.00. The van der Waals surface area contributed by atoms with E-state index in [-0.39, 0.29) is 0 Å². The topological polar surface area (TPSA) is 30.7 Å². The maximum absolute atomic E-state index is 5.80. The molecule has 0 saturated carbocycles. The molecule has 2 aromatic rings. The van der Waals surface area contributed by atoms with Crippen LogP contribution in [0.25, 0.3) is 0 Å². The first-order chi connectivity index (χ1) is 8.56. The van der Waals surface area contributed by atoms with Gasteiger partial charge >= 0.3 is 0 Å². The van der Waals surface area contributed by atoms with E-state index in [2.05, 4.69) is 40.2 Å².